The van der Waals surface area contributed by atoms with E-state index in [9.17, 15) is 13.2 Å². The number of thiophene rings is 1. The van der Waals surface area contributed by atoms with Crippen LogP contribution in [0.3, 0.4) is 0 Å². The van der Waals surface area contributed by atoms with Gasteiger partial charge in [0.1, 0.15) is 9.86 Å². The van der Waals surface area contributed by atoms with Crippen LogP contribution in [0.25, 0.3) is 44.2 Å². The van der Waals surface area contributed by atoms with Gasteiger partial charge in [-0.1, -0.05) is 48.5 Å². The summed E-state index contributed by atoms with van der Waals surface area (Å²) in [7, 11) is 1.88. The van der Waals surface area contributed by atoms with Crippen LogP contribution in [0.15, 0.2) is 101 Å². The van der Waals surface area contributed by atoms with E-state index >= 15 is 0 Å². The topological polar surface area (TPSA) is 92.8 Å². The van der Waals surface area contributed by atoms with Crippen molar-refractivity contribution in [3.63, 3.8) is 0 Å². The molecule has 3 aromatic heterocycles. The van der Waals surface area contributed by atoms with Crippen molar-refractivity contribution in [1.29, 1.82) is 0 Å². The first kappa shape index (κ1) is 33.0. The second kappa shape index (κ2) is 13.8. The molecule has 0 radical (unpaired) electrons. The number of sulfonamides is 1. The van der Waals surface area contributed by atoms with Crippen molar-refractivity contribution in [1.82, 2.24) is 19.8 Å². The predicted octanol–water partition coefficient (Wildman–Crippen LogP) is 6.93. The quantitative estimate of drug-likeness (QED) is 0.168. The number of aromatic nitrogens is 2. The lowest BCUT2D eigenvalue weighted by Gasteiger charge is -2.32. The third kappa shape index (κ3) is 6.59. The maximum atomic E-state index is 13.4. The van der Waals surface area contributed by atoms with Crippen LogP contribution >= 0.6 is 11.3 Å². The zero-order valence-corrected chi connectivity index (χ0v) is 29.6. The Morgan fingerprint density at radius 3 is 2.35 bits per heavy atom. The molecule has 0 saturated carbocycles. The van der Waals surface area contributed by atoms with E-state index in [1.54, 1.807) is 29.5 Å². The minimum absolute atomic E-state index is 0.107. The van der Waals surface area contributed by atoms with Crippen molar-refractivity contribution >= 4 is 60.6 Å². The van der Waals surface area contributed by atoms with Gasteiger partial charge in [-0.3, -0.25) is 9.10 Å². The lowest BCUT2D eigenvalue weighted by Crippen LogP contribution is -2.44. The molecule has 49 heavy (non-hydrogen) atoms. The first-order chi connectivity index (χ1) is 23.7. The Labute approximate surface area is 291 Å². The summed E-state index contributed by atoms with van der Waals surface area (Å²) in [5.74, 6) is 0.107. The number of piperazine rings is 1. The molecule has 1 aliphatic heterocycles. The Hall–Kier alpha value is -4.55. The van der Waals surface area contributed by atoms with Gasteiger partial charge < -0.3 is 19.7 Å². The van der Waals surface area contributed by atoms with Crippen molar-refractivity contribution in [2.24, 2.45) is 0 Å². The van der Waals surface area contributed by atoms with Gasteiger partial charge in [0.2, 0.25) is 5.91 Å². The Morgan fingerprint density at radius 1 is 0.898 bits per heavy atom. The number of likely N-dealkylation sites (N-methyl/N-ethyl adjacent to an activating group) is 1. The van der Waals surface area contributed by atoms with Crippen LogP contribution in [0, 0.1) is 0 Å². The van der Waals surface area contributed by atoms with E-state index in [4.69, 9.17) is 4.98 Å². The molecule has 1 N–H and O–H groups in total. The maximum Gasteiger partial charge on any atom is 0.273 e. The Morgan fingerprint density at radius 2 is 1.63 bits per heavy atom. The molecule has 4 heterocycles. The minimum atomic E-state index is -3.70. The molecule has 0 aliphatic carbocycles. The van der Waals surface area contributed by atoms with Crippen LogP contribution in [-0.4, -0.2) is 88.0 Å². The first-order valence-corrected chi connectivity index (χ1v) is 18.8. The summed E-state index contributed by atoms with van der Waals surface area (Å²) < 4.78 is 28.4. The molecule has 0 bridgehead atoms. The largest absolute Gasteiger partial charge is 0.339 e. The Balaban J connectivity index is 1.21. The number of fused-ring (bicyclic) bond motifs is 3. The van der Waals surface area contributed by atoms with Crippen LogP contribution in [-0.2, 0) is 14.8 Å². The normalized spacial score (nSPS) is 14.4. The maximum absolute atomic E-state index is 13.4. The molecule has 3 aromatic carbocycles. The van der Waals surface area contributed by atoms with E-state index in [2.05, 4.69) is 34.0 Å². The summed E-state index contributed by atoms with van der Waals surface area (Å²) in [6.45, 7) is 5.21. The first-order valence-electron chi connectivity index (χ1n) is 16.5. The number of aromatic amines is 1. The van der Waals surface area contributed by atoms with Crippen molar-refractivity contribution in [3.05, 3.63) is 96.5 Å². The van der Waals surface area contributed by atoms with E-state index in [0.717, 1.165) is 89.0 Å². The van der Waals surface area contributed by atoms with Crippen LogP contribution in [0.5, 0.6) is 0 Å². The van der Waals surface area contributed by atoms with Gasteiger partial charge >= 0.3 is 0 Å². The summed E-state index contributed by atoms with van der Waals surface area (Å²) in [6, 6.07) is 27.3. The molecule has 0 spiro atoms. The predicted molar refractivity (Wildman–Crippen MR) is 201 cm³/mol. The molecule has 7 rings (SSSR count). The average Bonchev–Trinajstić information content (AvgIpc) is 3.81. The van der Waals surface area contributed by atoms with Gasteiger partial charge in [0.15, 0.2) is 0 Å². The number of nitrogens with zero attached hydrogens (tertiary/aromatic N) is 5. The second-order valence-corrected chi connectivity index (χ2v) is 15.8. The molecule has 11 heteroatoms. The highest BCUT2D eigenvalue weighted by Crippen LogP contribution is 2.42. The molecule has 252 valence electrons. The number of hydrogen-bond donors (Lipinski definition) is 1. The van der Waals surface area contributed by atoms with Crippen molar-refractivity contribution in [2.45, 2.75) is 17.1 Å². The van der Waals surface area contributed by atoms with Crippen molar-refractivity contribution in [3.8, 4) is 22.3 Å². The number of H-pyrrole nitrogens is 1. The Kier molecular flexibility index (Phi) is 9.25. The standard InChI is InChI=1S/C38H40N6O3S2/c1-41-20-22-44(23-21-41)19-7-11-34(45)42(2)29-15-13-27(14-16-29)32-26-39-38-37(36(32)28-9-5-4-6-10-28)31-25-30(17-18-33(31)40-38)43(3)49(46,47)35-12-8-24-48-35/h4-6,8-10,12-18,24-26H,7,11,19-23H2,1-3H3,(H,39,40). The number of benzene rings is 3. The van der Waals surface area contributed by atoms with Crippen molar-refractivity contribution < 1.29 is 13.2 Å². The second-order valence-electron chi connectivity index (χ2n) is 12.6. The minimum Gasteiger partial charge on any atom is -0.339 e. The van der Waals surface area contributed by atoms with E-state index in [0.29, 0.717) is 16.3 Å². The zero-order chi connectivity index (χ0) is 34.1. The number of carbonyl (C=O) groups excluding carboxylic acids is 1. The highest BCUT2D eigenvalue weighted by molar-refractivity contribution is 7.94. The summed E-state index contributed by atoms with van der Waals surface area (Å²) in [5, 5.41) is 3.56. The summed E-state index contributed by atoms with van der Waals surface area (Å²) >= 11 is 1.20. The SMILES string of the molecule is CN1CCN(CCCC(=O)N(C)c2ccc(-c3cnc4[nH]c5ccc(N(C)S(=O)(=O)c6cccs6)cc5c4c3-c3ccccc3)cc2)CC1. The van der Waals surface area contributed by atoms with Gasteiger partial charge in [-0.15, -0.1) is 11.3 Å². The third-order valence-electron chi connectivity index (χ3n) is 9.54. The number of anilines is 2. The van der Waals surface area contributed by atoms with Crippen molar-refractivity contribution in [2.75, 3.05) is 63.1 Å². The summed E-state index contributed by atoms with van der Waals surface area (Å²) in [4.78, 5) is 27.9. The molecule has 1 saturated heterocycles. The van der Waals surface area contributed by atoms with Gasteiger partial charge in [0, 0.05) is 86.0 Å². The van der Waals surface area contributed by atoms with E-state index in [1.807, 2.05) is 73.9 Å². The molecule has 1 fully saturated rings. The fourth-order valence-electron chi connectivity index (χ4n) is 6.55. The smallest absolute Gasteiger partial charge is 0.273 e. The fraction of sp³-hybridized carbons (Fsp3) is 0.263. The molecule has 9 nitrogen and oxygen atoms in total. The molecular formula is C38H40N6O3S2. The van der Waals surface area contributed by atoms with E-state index in [-0.39, 0.29) is 5.91 Å². The third-order valence-corrected chi connectivity index (χ3v) is 12.7. The van der Waals surface area contributed by atoms with Crippen LogP contribution in [0.2, 0.25) is 0 Å². The number of amides is 1. The number of hydrogen-bond acceptors (Lipinski definition) is 7. The highest BCUT2D eigenvalue weighted by atomic mass is 32.2. The molecule has 1 aliphatic rings. The lowest BCUT2D eigenvalue weighted by atomic mass is 9.92. The van der Waals surface area contributed by atoms with Gasteiger partial charge in [0.25, 0.3) is 10.0 Å². The fourth-order valence-corrected chi connectivity index (χ4v) is 8.90. The van der Waals surface area contributed by atoms with E-state index < -0.39 is 10.0 Å². The van der Waals surface area contributed by atoms with E-state index in [1.165, 1.54) is 15.6 Å². The molecule has 1 amide bonds. The lowest BCUT2D eigenvalue weighted by molar-refractivity contribution is -0.118. The number of rotatable bonds is 10. The van der Waals surface area contributed by atoms with Crippen LogP contribution in [0.1, 0.15) is 12.8 Å². The van der Waals surface area contributed by atoms with Gasteiger partial charge in [-0.05, 0) is 72.9 Å². The average molecular weight is 693 g/mol. The number of carbonyl (C=O) groups is 1. The van der Waals surface area contributed by atoms with Crippen LogP contribution in [0.4, 0.5) is 11.4 Å². The zero-order valence-electron chi connectivity index (χ0n) is 28.0. The molecular weight excluding hydrogens is 653 g/mol. The number of nitrogens with one attached hydrogen (secondary N) is 1. The van der Waals surface area contributed by atoms with Crippen LogP contribution < -0.4 is 9.21 Å². The Bertz CT molecular complexity index is 2190. The highest BCUT2D eigenvalue weighted by Gasteiger charge is 2.24. The molecule has 0 atom stereocenters. The number of pyridine rings is 1. The molecule has 6 aromatic rings. The van der Waals surface area contributed by atoms with Gasteiger partial charge in [-0.2, -0.15) is 0 Å². The monoisotopic (exact) mass is 692 g/mol. The summed E-state index contributed by atoms with van der Waals surface area (Å²) in [6.07, 6.45) is 3.24. The van der Waals surface area contributed by atoms with Gasteiger partial charge in [0.05, 0.1) is 5.69 Å². The van der Waals surface area contributed by atoms with Gasteiger partial charge in [-0.25, -0.2) is 13.4 Å². The summed E-state index contributed by atoms with van der Waals surface area (Å²) in [5.41, 5.74) is 6.92. The molecule has 0 unspecified atom stereocenters.